The predicted octanol–water partition coefficient (Wildman–Crippen LogP) is 3.98. The van der Waals surface area contributed by atoms with E-state index in [1.807, 2.05) is 29.2 Å². The van der Waals surface area contributed by atoms with E-state index in [1.165, 1.54) is 13.2 Å². The van der Waals surface area contributed by atoms with Gasteiger partial charge in [0.1, 0.15) is 22.8 Å². The summed E-state index contributed by atoms with van der Waals surface area (Å²) in [5.41, 5.74) is 4.19. The topological polar surface area (TPSA) is 179 Å². The van der Waals surface area contributed by atoms with Gasteiger partial charge in [0.2, 0.25) is 5.95 Å². The van der Waals surface area contributed by atoms with Gasteiger partial charge in [-0.05, 0) is 24.6 Å². The van der Waals surface area contributed by atoms with Gasteiger partial charge < -0.3 is 34.6 Å². The number of aliphatic hydroxyl groups is 2. The Morgan fingerprint density at radius 1 is 1.09 bits per heavy atom. The molecule has 1 saturated heterocycles. The minimum Gasteiger partial charge on any atom is -0.494 e. The minimum absolute atomic E-state index is 0.0397. The van der Waals surface area contributed by atoms with Gasteiger partial charge in [-0.1, -0.05) is 12.1 Å². The summed E-state index contributed by atoms with van der Waals surface area (Å²) in [7, 11) is 1.51. The van der Waals surface area contributed by atoms with E-state index in [0.29, 0.717) is 85.6 Å². The summed E-state index contributed by atoms with van der Waals surface area (Å²) in [5.74, 6) is 1.32. The molecule has 234 valence electrons. The summed E-state index contributed by atoms with van der Waals surface area (Å²) >= 11 is 0. The number of hydrogen-bond donors (Lipinski definition) is 4. The van der Waals surface area contributed by atoms with Crippen molar-refractivity contribution in [1.82, 2.24) is 24.8 Å². The summed E-state index contributed by atoms with van der Waals surface area (Å²) in [4.78, 5) is 33.2. The third kappa shape index (κ3) is 6.43. The average molecular weight is 615 g/mol. The summed E-state index contributed by atoms with van der Waals surface area (Å²) in [6, 6.07) is 12.6. The van der Waals surface area contributed by atoms with Crippen LogP contribution in [0.25, 0.3) is 33.6 Å². The second-order valence-corrected chi connectivity index (χ2v) is 10.6. The number of H-pyrrole nitrogens is 1. The lowest BCUT2D eigenvalue weighted by atomic mass is 10.1. The Labute approximate surface area is 258 Å². The molecule has 0 amide bonds. The smallest absolute Gasteiger partial charge is 0.294 e. The van der Waals surface area contributed by atoms with E-state index >= 15 is 0 Å². The summed E-state index contributed by atoms with van der Waals surface area (Å²) in [6.07, 6.45) is 4.33. The van der Waals surface area contributed by atoms with Crippen molar-refractivity contribution >= 4 is 34.0 Å². The summed E-state index contributed by atoms with van der Waals surface area (Å²) in [6.45, 7) is 3.23. The second-order valence-electron chi connectivity index (χ2n) is 10.6. The molecule has 1 aliphatic rings. The van der Waals surface area contributed by atoms with E-state index in [2.05, 4.69) is 20.2 Å². The van der Waals surface area contributed by atoms with Crippen LogP contribution in [0.4, 0.5) is 23.0 Å². The number of nitrogens with zero attached hydrogens (tertiary/aromatic N) is 6. The quantitative estimate of drug-likeness (QED) is 0.117. The first-order valence-electron chi connectivity index (χ1n) is 14.7. The first-order valence-corrected chi connectivity index (χ1v) is 14.7. The number of hydrogen-bond acceptors (Lipinski definition) is 12. The van der Waals surface area contributed by atoms with Crippen molar-refractivity contribution in [3.63, 3.8) is 0 Å². The SMILES string of the molecule is COc1cc(N2CCN(CCO)CC2)c([N+](=O)[O-])cc1Nc1nccc(-c2[nH]c(CCCO)nc2-c2ccc3ccoc3c2)n1. The molecule has 1 aliphatic heterocycles. The third-order valence-electron chi connectivity index (χ3n) is 7.83. The van der Waals surface area contributed by atoms with Gasteiger partial charge in [0.15, 0.2) is 0 Å². The Hall–Kier alpha value is -5.05. The number of aryl methyl sites for hydroxylation is 1. The zero-order valence-corrected chi connectivity index (χ0v) is 24.8. The van der Waals surface area contributed by atoms with E-state index in [0.717, 1.165) is 16.5 Å². The number of benzene rings is 2. The number of ether oxygens (including phenoxy) is 1. The maximum absolute atomic E-state index is 12.2. The first-order chi connectivity index (χ1) is 22.0. The van der Waals surface area contributed by atoms with Crippen LogP contribution < -0.4 is 15.0 Å². The summed E-state index contributed by atoms with van der Waals surface area (Å²) < 4.78 is 11.3. The van der Waals surface area contributed by atoms with Crippen molar-refractivity contribution in [2.75, 3.05) is 63.3 Å². The van der Waals surface area contributed by atoms with Crippen molar-refractivity contribution in [1.29, 1.82) is 0 Å². The predicted molar refractivity (Wildman–Crippen MR) is 169 cm³/mol. The van der Waals surface area contributed by atoms with Crippen molar-refractivity contribution < 1.29 is 24.3 Å². The fraction of sp³-hybridized carbons (Fsp3) is 0.323. The molecule has 14 nitrogen and oxygen atoms in total. The molecule has 14 heteroatoms. The number of methoxy groups -OCH3 is 1. The van der Waals surface area contributed by atoms with E-state index in [9.17, 15) is 20.3 Å². The molecule has 45 heavy (non-hydrogen) atoms. The molecule has 0 bridgehead atoms. The molecule has 0 radical (unpaired) electrons. The van der Waals surface area contributed by atoms with Crippen molar-refractivity contribution in [3.05, 3.63) is 70.9 Å². The monoisotopic (exact) mass is 614 g/mol. The fourth-order valence-electron chi connectivity index (χ4n) is 5.54. The van der Waals surface area contributed by atoms with Crippen LogP contribution in [0.1, 0.15) is 12.2 Å². The molecule has 0 atom stereocenters. The number of imidazole rings is 1. The lowest BCUT2D eigenvalue weighted by Crippen LogP contribution is -2.47. The van der Waals surface area contributed by atoms with Gasteiger partial charge in [-0.25, -0.2) is 15.0 Å². The van der Waals surface area contributed by atoms with Crippen LogP contribution in [0.15, 0.2) is 59.3 Å². The molecule has 6 rings (SSSR count). The molecule has 4 N–H and O–H groups in total. The Morgan fingerprint density at radius 3 is 2.69 bits per heavy atom. The number of aromatic nitrogens is 4. The van der Waals surface area contributed by atoms with Crippen LogP contribution in [-0.4, -0.2) is 93.0 Å². The Kier molecular flexibility index (Phi) is 8.86. The Balaban J connectivity index is 1.32. The molecule has 4 heterocycles. The van der Waals surface area contributed by atoms with Gasteiger partial charge in [0.05, 0.1) is 47.7 Å². The summed E-state index contributed by atoms with van der Waals surface area (Å²) in [5, 5.41) is 34.9. The Bertz CT molecular complexity index is 1800. The number of furan rings is 1. The average Bonchev–Trinajstić information content (AvgIpc) is 3.71. The number of β-amino-alcohol motifs (C(OH)–C–C–N with tert-alkyl or cyclic N) is 1. The lowest BCUT2D eigenvalue weighted by Gasteiger charge is -2.35. The maximum atomic E-state index is 12.2. The normalized spacial score (nSPS) is 13.8. The van der Waals surface area contributed by atoms with Crippen molar-refractivity contribution in [2.24, 2.45) is 0 Å². The van der Waals surface area contributed by atoms with Gasteiger partial charge in [-0.3, -0.25) is 15.0 Å². The number of nitrogens with one attached hydrogen (secondary N) is 2. The highest BCUT2D eigenvalue weighted by Crippen LogP contribution is 2.40. The van der Waals surface area contributed by atoms with Crippen molar-refractivity contribution in [2.45, 2.75) is 12.8 Å². The van der Waals surface area contributed by atoms with Crippen LogP contribution >= 0.6 is 0 Å². The van der Waals surface area contributed by atoms with Gasteiger partial charge in [-0.15, -0.1) is 0 Å². The number of nitro groups is 1. The lowest BCUT2D eigenvalue weighted by molar-refractivity contribution is -0.384. The highest BCUT2D eigenvalue weighted by molar-refractivity contribution is 5.86. The van der Waals surface area contributed by atoms with E-state index in [4.69, 9.17) is 19.1 Å². The van der Waals surface area contributed by atoms with E-state index in [-0.39, 0.29) is 24.8 Å². The van der Waals surface area contributed by atoms with Gasteiger partial charge >= 0.3 is 0 Å². The number of rotatable bonds is 12. The molecule has 2 aromatic carbocycles. The zero-order chi connectivity index (χ0) is 31.3. The largest absolute Gasteiger partial charge is 0.494 e. The van der Waals surface area contributed by atoms with Crippen LogP contribution in [0, 0.1) is 10.1 Å². The van der Waals surface area contributed by atoms with E-state index < -0.39 is 4.92 Å². The van der Waals surface area contributed by atoms with Crippen LogP contribution in [-0.2, 0) is 6.42 Å². The standard InChI is InChI=1S/C31H34N8O6/c1-44-27-19-24(38-11-9-37(10-12-38)13-15-41)25(39(42)43)18-23(27)34-31-32-8-6-22(33-31)30-29(35-28(36-30)3-2-14-40)21-5-4-20-7-16-45-26(20)17-21/h4-8,16-19,40-41H,2-3,9-15H2,1H3,(H,35,36)(H,32,33,34). The highest BCUT2D eigenvalue weighted by Gasteiger charge is 2.27. The van der Waals surface area contributed by atoms with Crippen molar-refractivity contribution in [3.8, 4) is 28.4 Å². The first kappa shape index (κ1) is 30.0. The van der Waals surface area contributed by atoms with Gasteiger partial charge in [0.25, 0.3) is 5.69 Å². The van der Waals surface area contributed by atoms with Crippen LogP contribution in [0.3, 0.4) is 0 Å². The number of piperazine rings is 1. The minimum atomic E-state index is -0.405. The number of nitro benzene ring substituents is 1. The third-order valence-corrected chi connectivity index (χ3v) is 7.83. The molecule has 0 spiro atoms. The fourth-order valence-corrected chi connectivity index (χ4v) is 5.54. The molecular formula is C31H34N8O6. The number of aromatic amines is 1. The number of aliphatic hydroxyl groups excluding tert-OH is 2. The second kappa shape index (κ2) is 13.3. The number of fused-ring (bicyclic) bond motifs is 1. The van der Waals surface area contributed by atoms with Crippen LogP contribution in [0.5, 0.6) is 5.75 Å². The van der Waals surface area contributed by atoms with Gasteiger partial charge in [0, 0.05) is 75.0 Å². The molecule has 0 aliphatic carbocycles. The van der Waals surface area contributed by atoms with E-state index in [1.54, 1.807) is 24.6 Å². The molecule has 1 fully saturated rings. The maximum Gasteiger partial charge on any atom is 0.294 e. The molecule has 3 aromatic heterocycles. The van der Waals surface area contributed by atoms with Crippen LogP contribution in [0.2, 0.25) is 0 Å². The highest BCUT2D eigenvalue weighted by atomic mass is 16.6. The van der Waals surface area contributed by atoms with Gasteiger partial charge in [-0.2, -0.15) is 0 Å². The Morgan fingerprint density at radius 2 is 1.93 bits per heavy atom. The molecule has 0 saturated carbocycles. The number of anilines is 3. The molecular weight excluding hydrogens is 580 g/mol. The molecule has 5 aromatic rings. The zero-order valence-electron chi connectivity index (χ0n) is 24.8. The molecule has 0 unspecified atom stereocenters.